The minimum absolute atomic E-state index is 0.328. The van der Waals surface area contributed by atoms with Crippen molar-refractivity contribution in [2.24, 2.45) is 0 Å². The molecule has 0 bridgehead atoms. The summed E-state index contributed by atoms with van der Waals surface area (Å²) in [7, 11) is 1.39. The lowest BCUT2D eigenvalue weighted by molar-refractivity contribution is 0.0607. The lowest BCUT2D eigenvalue weighted by atomic mass is 10.1. The second-order valence-corrected chi connectivity index (χ2v) is 4.78. The Hall–Kier alpha value is -2.14. The first kappa shape index (κ1) is 11.0. The minimum Gasteiger partial charge on any atom is -0.465 e. The average Bonchev–Trinajstić information content (AvgIpc) is 2.98. The smallest absolute Gasteiger partial charge is 0.348 e. The van der Waals surface area contributed by atoms with E-state index in [1.165, 1.54) is 18.4 Å². The molecule has 0 amide bonds. The van der Waals surface area contributed by atoms with E-state index in [0.29, 0.717) is 4.88 Å². The number of esters is 1. The molecule has 0 aliphatic heterocycles. The van der Waals surface area contributed by atoms with E-state index in [9.17, 15) is 4.79 Å². The lowest BCUT2D eigenvalue weighted by Gasteiger charge is -2.01. The standard InChI is InChI=1S/C13H10N2O2S/c1-17-13(16)12-10(8-4-2-3-6-14-8)11-9(18-12)5-7-15-11/h2-7,15H,1H3. The number of nitrogens with zero attached hydrogens (tertiary/aromatic N) is 1. The molecule has 0 aliphatic carbocycles. The Labute approximate surface area is 107 Å². The highest BCUT2D eigenvalue weighted by atomic mass is 32.1. The van der Waals surface area contributed by atoms with E-state index < -0.39 is 0 Å². The summed E-state index contributed by atoms with van der Waals surface area (Å²) in [5, 5.41) is 0. The molecule has 3 heterocycles. The van der Waals surface area contributed by atoms with Crippen molar-refractivity contribution in [2.75, 3.05) is 7.11 Å². The first-order chi connectivity index (χ1) is 8.81. The first-order valence-electron chi connectivity index (χ1n) is 5.41. The van der Waals surface area contributed by atoms with Crippen molar-refractivity contribution in [1.29, 1.82) is 0 Å². The summed E-state index contributed by atoms with van der Waals surface area (Å²) in [6.07, 6.45) is 3.57. The molecule has 1 N–H and O–H groups in total. The third kappa shape index (κ3) is 1.60. The second-order valence-electron chi connectivity index (χ2n) is 3.73. The van der Waals surface area contributed by atoms with Crippen LogP contribution in [-0.2, 0) is 4.74 Å². The zero-order valence-corrected chi connectivity index (χ0v) is 10.5. The lowest BCUT2D eigenvalue weighted by Crippen LogP contribution is -2.00. The van der Waals surface area contributed by atoms with Gasteiger partial charge in [0.1, 0.15) is 4.88 Å². The molecule has 0 aromatic carbocycles. The monoisotopic (exact) mass is 258 g/mol. The molecular weight excluding hydrogens is 248 g/mol. The Morgan fingerprint density at radius 3 is 3.00 bits per heavy atom. The molecule has 5 heteroatoms. The van der Waals surface area contributed by atoms with Crippen molar-refractivity contribution in [1.82, 2.24) is 9.97 Å². The Kier molecular flexibility index (Phi) is 2.60. The van der Waals surface area contributed by atoms with Crippen LogP contribution in [0, 0.1) is 0 Å². The van der Waals surface area contributed by atoms with Gasteiger partial charge in [0.25, 0.3) is 0 Å². The molecule has 3 aromatic heterocycles. The van der Waals surface area contributed by atoms with Gasteiger partial charge in [0.05, 0.1) is 23.0 Å². The van der Waals surface area contributed by atoms with Gasteiger partial charge in [-0.25, -0.2) is 4.79 Å². The molecule has 0 radical (unpaired) electrons. The number of carbonyl (C=O) groups is 1. The maximum Gasteiger partial charge on any atom is 0.348 e. The minimum atomic E-state index is -0.328. The Morgan fingerprint density at radius 2 is 2.28 bits per heavy atom. The zero-order chi connectivity index (χ0) is 12.5. The van der Waals surface area contributed by atoms with Crippen LogP contribution in [0.25, 0.3) is 21.5 Å². The number of pyridine rings is 1. The highest BCUT2D eigenvalue weighted by Gasteiger charge is 2.21. The van der Waals surface area contributed by atoms with Crippen LogP contribution in [-0.4, -0.2) is 23.0 Å². The third-order valence-electron chi connectivity index (χ3n) is 2.69. The van der Waals surface area contributed by atoms with Crippen LogP contribution in [0.3, 0.4) is 0 Å². The SMILES string of the molecule is COC(=O)c1sc2cc[nH]c2c1-c1ccccn1. The topological polar surface area (TPSA) is 55.0 Å². The molecule has 18 heavy (non-hydrogen) atoms. The van der Waals surface area contributed by atoms with Gasteiger partial charge in [0, 0.05) is 18.0 Å². The predicted octanol–water partition coefficient (Wildman–Crippen LogP) is 3.08. The van der Waals surface area contributed by atoms with Crippen LogP contribution in [0.15, 0.2) is 36.7 Å². The van der Waals surface area contributed by atoms with Crippen molar-refractivity contribution in [3.8, 4) is 11.3 Å². The van der Waals surface area contributed by atoms with Crippen molar-refractivity contribution >= 4 is 27.5 Å². The number of aromatic nitrogens is 2. The van der Waals surface area contributed by atoms with Crippen molar-refractivity contribution < 1.29 is 9.53 Å². The summed E-state index contributed by atoms with van der Waals surface area (Å²) in [5.74, 6) is -0.328. The molecule has 3 aromatic rings. The molecule has 3 rings (SSSR count). The van der Waals surface area contributed by atoms with Crippen molar-refractivity contribution in [2.45, 2.75) is 0 Å². The molecule has 0 spiro atoms. The molecule has 0 saturated heterocycles. The van der Waals surface area contributed by atoms with Gasteiger partial charge in [0.15, 0.2) is 0 Å². The summed E-state index contributed by atoms with van der Waals surface area (Å²) < 4.78 is 5.85. The number of thiophene rings is 1. The third-order valence-corrected chi connectivity index (χ3v) is 3.82. The zero-order valence-electron chi connectivity index (χ0n) is 9.64. The Morgan fingerprint density at radius 1 is 1.39 bits per heavy atom. The van der Waals surface area contributed by atoms with Gasteiger partial charge in [-0.3, -0.25) is 4.98 Å². The molecule has 0 atom stereocenters. The maximum absolute atomic E-state index is 11.8. The second kappa shape index (κ2) is 4.27. The number of H-pyrrole nitrogens is 1. The van der Waals surface area contributed by atoms with Crippen LogP contribution < -0.4 is 0 Å². The predicted molar refractivity (Wildman–Crippen MR) is 70.7 cm³/mol. The van der Waals surface area contributed by atoms with E-state index in [4.69, 9.17) is 4.74 Å². The maximum atomic E-state index is 11.8. The molecule has 90 valence electrons. The number of aromatic amines is 1. The van der Waals surface area contributed by atoms with Crippen LogP contribution in [0.1, 0.15) is 9.67 Å². The van der Waals surface area contributed by atoms with E-state index in [2.05, 4.69) is 9.97 Å². The fourth-order valence-electron chi connectivity index (χ4n) is 1.90. The van der Waals surface area contributed by atoms with Crippen LogP contribution in [0.4, 0.5) is 0 Å². The highest BCUT2D eigenvalue weighted by Crippen LogP contribution is 2.37. The molecule has 0 unspecified atom stereocenters. The summed E-state index contributed by atoms with van der Waals surface area (Å²) in [5.41, 5.74) is 2.51. The van der Waals surface area contributed by atoms with Gasteiger partial charge in [-0.05, 0) is 18.2 Å². The summed E-state index contributed by atoms with van der Waals surface area (Å²) >= 11 is 1.41. The Balaban J connectivity index is 2.30. The normalized spacial score (nSPS) is 10.7. The van der Waals surface area contributed by atoms with Gasteiger partial charge >= 0.3 is 5.97 Å². The fourth-order valence-corrected chi connectivity index (χ4v) is 3.00. The van der Waals surface area contributed by atoms with Crippen LogP contribution in [0.2, 0.25) is 0 Å². The molecule has 0 saturated carbocycles. The van der Waals surface area contributed by atoms with Crippen LogP contribution in [0.5, 0.6) is 0 Å². The van der Waals surface area contributed by atoms with Crippen molar-refractivity contribution in [3.63, 3.8) is 0 Å². The van der Waals surface area contributed by atoms with Gasteiger partial charge < -0.3 is 9.72 Å². The molecule has 4 nitrogen and oxygen atoms in total. The molecule has 0 aliphatic rings. The van der Waals surface area contributed by atoms with Gasteiger partial charge in [-0.15, -0.1) is 11.3 Å². The molecule has 0 fully saturated rings. The van der Waals surface area contributed by atoms with Crippen molar-refractivity contribution in [3.05, 3.63) is 41.5 Å². The van der Waals surface area contributed by atoms with E-state index in [1.54, 1.807) is 6.20 Å². The number of fused-ring (bicyclic) bond motifs is 1. The number of carbonyl (C=O) groups excluding carboxylic acids is 1. The van der Waals surface area contributed by atoms with Gasteiger partial charge in [-0.1, -0.05) is 6.07 Å². The first-order valence-corrected chi connectivity index (χ1v) is 6.22. The number of hydrogen-bond acceptors (Lipinski definition) is 4. The van der Waals surface area contributed by atoms with E-state index in [0.717, 1.165) is 21.5 Å². The fraction of sp³-hybridized carbons (Fsp3) is 0.0769. The average molecular weight is 258 g/mol. The highest BCUT2D eigenvalue weighted by molar-refractivity contribution is 7.21. The number of ether oxygens (including phenoxy) is 1. The number of nitrogens with one attached hydrogen (secondary N) is 1. The van der Waals surface area contributed by atoms with E-state index >= 15 is 0 Å². The molecular formula is C13H10N2O2S. The summed E-state index contributed by atoms with van der Waals surface area (Å²) in [6, 6.07) is 7.57. The summed E-state index contributed by atoms with van der Waals surface area (Å²) in [6.45, 7) is 0. The van der Waals surface area contributed by atoms with E-state index in [-0.39, 0.29) is 5.97 Å². The largest absolute Gasteiger partial charge is 0.465 e. The quantitative estimate of drug-likeness (QED) is 0.719. The number of rotatable bonds is 2. The summed E-state index contributed by atoms with van der Waals surface area (Å²) in [4.78, 5) is 19.9. The number of hydrogen-bond donors (Lipinski definition) is 1. The van der Waals surface area contributed by atoms with Gasteiger partial charge in [0.2, 0.25) is 0 Å². The van der Waals surface area contributed by atoms with E-state index in [1.807, 2.05) is 30.5 Å². The number of methoxy groups -OCH3 is 1. The van der Waals surface area contributed by atoms with Crippen LogP contribution >= 0.6 is 11.3 Å². The Bertz CT molecular complexity index is 700. The van der Waals surface area contributed by atoms with Gasteiger partial charge in [-0.2, -0.15) is 0 Å².